The van der Waals surface area contributed by atoms with Crippen molar-refractivity contribution >= 4 is 29.2 Å². The largest absolute Gasteiger partial charge is 0.432 e. The number of nitrogen functional groups attached to an aromatic ring is 1. The Morgan fingerprint density at radius 1 is 1.53 bits per heavy atom. The molecular formula is C11H10ClN3O2. The summed E-state index contributed by atoms with van der Waals surface area (Å²) in [6.45, 7) is 1.76. The number of nitrogens with two attached hydrogens (primary N) is 1. The van der Waals surface area contributed by atoms with Crippen LogP contribution >= 0.6 is 11.6 Å². The molecule has 2 rings (SSSR count). The van der Waals surface area contributed by atoms with E-state index in [-0.39, 0.29) is 16.6 Å². The number of carbonyl (C=O) groups is 1. The van der Waals surface area contributed by atoms with Crippen molar-refractivity contribution in [2.24, 2.45) is 0 Å². The van der Waals surface area contributed by atoms with Gasteiger partial charge in [-0.3, -0.25) is 10.1 Å². The Labute approximate surface area is 103 Å². The van der Waals surface area contributed by atoms with Crippen LogP contribution in [0.3, 0.4) is 0 Å². The van der Waals surface area contributed by atoms with E-state index < -0.39 is 5.91 Å². The van der Waals surface area contributed by atoms with Gasteiger partial charge in [0, 0.05) is 0 Å². The Morgan fingerprint density at radius 2 is 2.29 bits per heavy atom. The lowest BCUT2D eigenvalue weighted by Crippen LogP contribution is -2.13. The summed E-state index contributed by atoms with van der Waals surface area (Å²) in [5, 5.41) is 2.71. The van der Waals surface area contributed by atoms with Gasteiger partial charge in [-0.05, 0) is 19.1 Å². The molecule has 0 fully saturated rings. The van der Waals surface area contributed by atoms with Gasteiger partial charge in [-0.15, -0.1) is 0 Å². The summed E-state index contributed by atoms with van der Waals surface area (Å²) in [7, 11) is 0. The smallest absolute Gasteiger partial charge is 0.301 e. The van der Waals surface area contributed by atoms with E-state index >= 15 is 0 Å². The summed E-state index contributed by atoms with van der Waals surface area (Å²) in [5.41, 5.74) is 6.91. The molecule has 0 saturated heterocycles. The number of aryl methyl sites for hydroxylation is 1. The van der Waals surface area contributed by atoms with E-state index in [9.17, 15) is 4.79 Å². The van der Waals surface area contributed by atoms with Gasteiger partial charge >= 0.3 is 6.01 Å². The predicted molar refractivity (Wildman–Crippen MR) is 65.1 cm³/mol. The van der Waals surface area contributed by atoms with Crippen LogP contribution in [0.4, 0.5) is 11.7 Å². The average Bonchev–Trinajstić information content (AvgIpc) is 2.68. The number of rotatable bonds is 2. The minimum absolute atomic E-state index is 0.131. The van der Waals surface area contributed by atoms with Crippen molar-refractivity contribution in [2.45, 2.75) is 6.92 Å². The maximum Gasteiger partial charge on any atom is 0.301 e. The minimum atomic E-state index is -0.413. The molecule has 2 aromatic rings. The topological polar surface area (TPSA) is 81.2 Å². The SMILES string of the molecule is Cc1coc(NC(=O)c2cccc(N)c2Cl)n1. The van der Waals surface area contributed by atoms with Crippen molar-refractivity contribution in [3.63, 3.8) is 0 Å². The molecule has 0 saturated carbocycles. The fourth-order valence-electron chi connectivity index (χ4n) is 1.30. The van der Waals surface area contributed by atoms with E-state index in [2.05, 4.69) is 10.3 Å². The average molecular weight is 252 g/mol. The molecule has 0 bridgehead atoms. The van der Waals surface area contributed by atoms with E-state index in [1.807, 2.05) is 0 Å². The molecule has 1 aromatic carbocycles. The van der Waals surface area contributed by atoms with Crippen molar-refractivity contribution in [2.75, 3.05) is 11.1 Å². The van der Waals surface area contributed by atoms with E-state index in [4.69, 9.17) is 21.8 Å². The maximum absolute atomic E-state index is 11.8. The molecule has 1 aromatic heterocycles. The Kier molecular flexibility index (Phi) is 3.01. The van der Waals surface area contributed by atoms with Crippen molar-refractivity contribution in [1.29, 1.82) is 0 Å². The molecule has 88 valence electrons. The van der Waals surface area contributed by atoms with Crippen molar-refractivity contribution < 1.29 is 9.21 Å². The highest BCUT2D eigenvalue weighted by Crippen LogP contribution is 2.23. The third-order valence-corrected chi connectivity index (χ3v) is 2.53. The quantitative estimate of drug-likeness (QED) is 0.804. The van der Waals surface area contributed by atoms with Crippen LogP contribution < -0.4 is 11.1 Å². The summed E-state index contributed by atoms with van der Waals surface area (Å²) < 4.78 is 5.01. The third kappa shape index (κ3) is 2.39. The summed E-state index contributed by atoms with van der Waals surface area (Å²) in [6.07, 6.45) is 1.44. The van der Waals surface area contributed by atoms with E-state index in [0.29, 0.717) is 11.4 Å². The van der Waals surface area contributed by atoms with Gasteiger partial charge in [0.1, 0.15) is 6.26 Å². The number of anilines is 2. The number of hydrogen-bond donors (Lipinski definition) is 2. The third-order valence-electron chi connectivity index (χ3n) is 2.11. The Balaban J connectivity index is 2.23. The van der Waals surface area contributed by atoms with Gasteiger partial charge in [0.15, 0.2) is 0 Å². The number of nitrogens with zero attached hydrogens (tertiary/aromatic N) is 1. The first-order valence-electron chi connectivity index (χ1n) is 4.85. The summed E-state index contributed by atoms with van der Waals surface area (Å²) in [4.78, 5) is 15.8. The van der Waals surface area contributed by atoms with Crippen molar-refractivity contribution in [3.05, 3.63) is 40.7 Å². The van der Waals surface area contributed by atoms with Crippen LogP contribution in [0, 0.1) is 6.92 Å². The second kappa shape index (κ2) is 4.47. The molecule has 17 heavy (non-hydrogen) atoms. The molecule has 0 aliphatic rings. The number of oxazole rings is 1. The zero-order chi connectivity index (χ0) is 12.4. The molecule has 0 aliphatic carbocycles. The number of benzene rings is 1. The molecule has 6 heteroatoms. The zero-order valence-electron chi connectivity index (χ0n) is 9.03. The first kappa shape index (κ1) is 11.5. The Hall–Kier alpha value is -2.01. The van der Waals surface area contributed by atoms with Gasteiger partial charge in [0.2, 0.25) is 0 Å². The van der Waals surface area contributed by atoms with Gasteiger partial charge < -0.3 is 10.2 Å². The van der Waals surface area contributed by atoms with Crippen LogP contribution in [0.1, 0.15) is 16.1 Å². The highest BCUT2D eigenvalue weighted by molar-refractivity contribution is 6.36. The lowest BCUT2D eigenvalue weighted by atomic mass is 10.2. The number of amides is 1. The molecule has 1 heterocycles. The molecule has 0 atom stereocenters. The summed E-state index contributed by atoms with van der Waals surface area (Å²) >= 11 is 5.92. The molecule has 0 radical (unpaired) electrons. The number of halogens is 1. The first-order valence-corrected chi connectivity index (χ1v) is 5.23. The minimum Gasteiger partial charge on any atom is -0.432 e. The molecule has 0 unspecified atom stereocenters. The molecule has 5 nitrogen and oxygen atoms in total. The van der Waals surface area contributed by atoms with Crippen molar-refractivity contribution in [1.82, 2.24) is 4.98 Å². The van der Waals surface area contributed by atoms with Crippen LogP contribution in [-0.2, 0) is 0 Å². The standard InChI is InChI=1S/C11H10ClN3O2/c1-6-5-17-11(14-6)15-10(16)7-3-2-4-8(13)9(7)12/h2-5H,13H2,1H3,(H,14,15,16). The molecular weight excluding hydrogens is 242 g/mol. The lowest BCUT2D eigenvalue weighted by molar-refractivity contribution is 0.102. The van der Waals surface area contributed by atoms with Gasteiger partial charge in [-0.2, -0.15) is 4.98 Å². The van der Waals surface area contributed by atoms with Crippen LogP contribution in [0.25, 0.3) is 0 Å². The summed E-state index contributed by atoms with van der Waals surface area (Å²) in [5.74, 6) is -0.413. The molecule has 1 amide bonds. The van der Waals surface area contributed by atoms with Gasteiger partial charge in [0.25, 0.3) is 5.91 Å². The number of hydrogen-bond acceptors (Lipinski definition) is 4. The number of aromatic nitrogens is 1. The maximum atomic E-state index is 11.8. The van der Waals surface area contributed by atoms with Gasteiger partial charge in [-0.1, -0.05) is 17.7 Å². The highest BCUT2D eigenvalue weighted by Gasteiger charge is 2.14. The monoisotopic (exact) mass is 251 g/mol. The second-order valence-electron chi connectivity index (χ2n) is 3.46. The summed E-state index contributed by atoms with van der Waals surface area (Å²) in [6, 6.07) is 4.97. The first-order chi connectivity index (χ1) is 8.08. The highest BCUT2D eigenvalue weighted by atomic mass is 35.5. The fraction of sp³-hybridized carbons (Fsp3) is 0.0909. The Morgan fingerprint density at radius 3 is 2.94 bits per heavy atom. The predicted octanol–water partition coefficient (Wildman–Crippen LogP) is 2.47. The van der Waals surface area contributed by atoms with E-state index in [1.165, 1.54) is 6.26 Å². The van der Waals surface area contributed by atoms with Crippen LogP contribution in [-0.4, -0.2) is 10.9 Å². The lowest BCUT2D eigenvalue weighted by Gasteiger charge is -2.05. The second-order valence-corrected chi connectivity index (χ2v) is 3.83. The van der Waals surface area contributed by atoms with Crippen molar-refractivity contribution in [3.8, 4) is 0 Å². The van der Waals surface area contributed by atoms with E-state index in [1.54, 1.807) is 25.1 Å². The van der Waals surface area contributed by atoms with Crippen LogP contribution in [0.5, 0.6) is 0 Å². The molecule has 0 aliphatic heterocycles. The Bertz CT molecular complexity index is 566. The number of nitrogens with one attached hydrogen (secondary N) is 1. The normalized spacial score (nSPS) is 10.2. The van der Waals surface area contributed by atoms with Gasteiger partial charge in [0.05, 0.1) is 22.0 Å². The van der Waals surface area contributed by atoms with E-state index in [0.717, 1.165) is 0 Å². The van der Waals surface area contributed by atoms with Crippen LogP contribution in [0.15, 0.2) is 28.9 Å². The zero-order valence-corrected chi connectivity index (χ0v) is 9.78. The molecule has 0 spiro atoms. The fourth-order valence-corrected chi connectivity index (χ4v) is 1.51. The molecule has 3 N–H and O–H groups in total. The number of carbonyl (C=O) groups excluding carboxylic acids is 1. The van der Waals surface area contributed by atoms with Gasteiger partial charge in [-0.25, -0.2) is 0 Å². The van der Waals surface area contributed by atoms with Crippen LogP contribution in [0.2, 0.25) is 5.02 Å².